The molecule has 0 amide bonds. The molecule has 28 heavy (non-hydrogen) atoms. The number of H-pyrrole nitrogens is 1. The summed E-state index contributed by atoms with van der Waals surface area (Å²) in [4.78, 5) is 0.686. The molecule has 5 aromatic rings. The number of nitrogens with one attached hydrogen (secondary N) is 1. The molecule has 138 valence electrons. The molecule has 0 aliphatic rings. The van der Waals surface area contributed by atoms with Crippen LogP contribution >= 0.6 is 22.9 Å². The SMILES string of the molecule is COc1ccc(-c2cc(-c3nnc4sc(-c5ccccc5Cl)nn34)[nH]n2)cc1. The molecule has 0 saturated carbocycles. The zero-order valence-corrected chi connectivity index (χ0v) is 16.2. The zero-order chi connectivity index (χ0) is 19.1. The summed E-state index contributed by atoms with van der Waals surface area (Å²) in [5.41, 5.74) is 3.37. The number of fused-ring (bicyclic) bond motifs is 1. The van der Waals surface area contributed by atoms with Gasteiger partial charge >= 0.3 is 0 Å². The molecule has 0 fully saturated rings. The summed E-state index contributed by atoms with van der Waals surface area (Å²) in [5.74, 6) is 1.39. The Morgan fingerprint density at radius 3 is 2.68 bits per heavy atom. The number of nitrogens with zero attached hydrogens (tertiary/aromatic N) is 5. The van der Waals surface area contributed by atoms with Crippen molar-refractivity contribution >= 4 is 27.9 Å². The number of benzene rings is 2. The van der Waals surface area contributed by atoms with Crippen LogP contribution in [0.2, 0.25) is 5.02 Å². The van der Waals surface area contributed by atoms with Gasteiger partial charge in [0.15, 0.2) is 0 Å². The smallest absolute Gasteiger partial charge is 0.235 e. The summed E-state index contributed by atoms with van der Waals surface area (Å²) in [5, 5.41) is 22.0. The number of aromatic nitrogens is 6. The van der Waals surface area contributed by atoms with Crippen LogP contribution in [0.15, 0.2) is 54.6 Å². The molecule has 0 unspecified atom stereocenters. The Kier molecular flexibility index (Phi) is 4.07. The largest absolute Gasteiger partial charge is 0.497 e. The molecule has 1 N–H and O–H groups in total. The molecular formula is C19H13ClN6OS. The van der Waals surface area contributed by atoms with E-state index in [1.54, 1.807) is 11.6 Å². The monoisotopic (exact) mass is 408 g/mol. The van der Waals surface area contributed by atoms with Crippen molar-refractivity contribution in [3.8, 4) is 39.1 Å². The third-order valence-electron chi connectivity index (χ3n) is 4.30. The molecule has 2 aromatic carbocycles. The van der Waals surface area contributed by atoms with E-state index in [4.69, 9.17) is 16.3 Å². The summed E-state index contributed by atoms with van der Waals surface area (Å²) < 4.78 is 6.90. The van der Waals surface area contributed by atoms with Gasteiger partial charge in [-0.1, -0.05) is 41.1 Å². The fourth-order valence-electron chi connectivity index (χ4n) is 2.87. The minimum absolute atomic E-state index is 0.594. The number of methoxy groups -OCH3 is 1. The van der Waals surface area contributed by atoms with Gasteiger partial charge in [-0.05, 0) is 36.4 Å². The maximum Gasteiger partial charge on any atom is 0.235 e. The number of hydrogen-bond donors (Lipinski definition) is 1. The first-order valence-electron chi connectivity index (χ1n) is 8.40. The zero-order valence-electron chi connectivity index (χ0n) is 14.6. The van der Waals surface area contributed by atoms with Crippen LogP contribution in [0.25, 0.3) is 38.3 Å². The highest BCUT2D eigenvalue weighted by Gasteiger charge is 2.17. The molecule has 3 heterocycles. The fraction of sp³-hybridized carbons (Fsp3) is 0.0526. The summed E-state index contributed by atoms with van der Waals surface area (Å²) in [6, 6.07) is 17.2. The van der Waals surface area contributed by atoms with Crippen LogP contribution in [0.3, 0.4) is 0 Å². The minimum Gasteiger partial charge on any atom is -0.497 e. The lowest BCUT2D eigenvalue weighted by Crippen LogP contribution is -1.91. The predicted octanol–water partition coefficient (Wildman–Crippen LogP) is 4.57. The number of hydrogen-bond acceptors (Lipinski definition) is 6. The first kappa shape index (κ1) is 16.9. The van der Waals surface area contributed by atoms with E-state index in [0.29, 0.717) is 15.8 Å². The molecule has 5 rings (SSSR count). The van der Waals surface area contributed by atoms with E-state index >= 15 is 0 Å². The quantitative estimate of drug-likeness (QED) is 0.471. The van der Waals surface area contributed by atoms with Crippen LogP contribution in [-0.2, 0) is 0 Å². The second-order valence-electron chi connectivity index (χ2n) is 6.00. The van der Waals surface area contributed by atoms with Crippen LogP contribution < -0.4 is 4.74 Å². The topological polar surface area (TPSA) is 81.0 Å². The van der Waals surface area contributed by atoms with E-state index in [0.717, 1.165) is 33.3 Å². The third-order valence-corrected chi connectivity index (χ3v) is 5.56. The van der Waals surface area contributed by atoms with Crippen molar-refractivity contribution in [2.75, 3.05) is 7.11 Å². The summed E-state index contributed by atoms with van der Waals surface area (Å²) in [7, 11) is 1.64. The van der Waals surface area contributed by atoms with Gasteiger partial charge < -0.3 is 4.74 Å². The highest BCUT2D eigenvalue weighted by Crippen LogP contribution is 2.32. The number of aromatic amines is 1. The molecule has 7 nitrogen and oxygen atoms in total. The third kappa shape index (κ3) is 2.83. The molecule has 0 spiro atoms. The van der Waals surface area contributed by atoms with Gasteiger partial charge in [-0.2, -0.15) is 14.7 Å². The van der Waals surface area contributed by atoms with E-state index in [2.05, 4.69) is 25.5 Å². The Morgan fingerprint density at radius 1 is 1.07 bits per heavy atom. The summed E-state index contributed by atoms with van der Waals surface area (Å²) >= 11 is 7.73. The Labute approximate surface area is 168 Å². The molecule has 0 saturated heterocycles. The Balaban J connectivity index is 1.53. The van der Waals surface area contributed by atoms with Crippen LogP contribution in [0.4, 0.5) is 0 Å². The first-order chi connectivity index (χ1) is 13.7. The van der Waals surface area contributed by atoms with Crippen LogP contribution in [0.5, 0.6) is 5.75 Å². The van der Waals surface area contributed by atoms with Gasteiger partial charge in [-0.25, -0.2) is 0 Å². The van der Waals surface area contributed by atoms with Crippen LogP contribution in [-0.4, -0.2) is 37.1 Å². The normalized spacial score (nSPS) is 11.2. The van der Waals surface area contributed by atoms with Gasteiger partial charge in [0.25, 0.3) is 0 Å². The van der Waals surface area contributed by atoms with Crippen LogP contribution in [0.1, 0.15) is 0 Å². The Bertz CT molecular complexity index is 1270. The van der Waals surface area contributed by atoms with Crippen molar-refractivity contribution in [2.24, 2.45) is 0 Å². The van der Waals surface area contributed by atoms with E-state index in [-0.39, 0.29) is 0 Å². The van der Waals surface area contributed by atoms with Crippen molar-refractivity contribution in [1.29, 1.82) is 0 Å². The lowest BCUT2D eigenvalue weighted by Gasteiger charge is -1.99. The van der Waals surface area contributed by atoms with Gasteiger partial charge in [0, 0.05) is 11.1 Å². The predicted molar refractivity (Wildman–Crippen MR) is 109 cm³/mol. The number of rotatable bonds is 4. The highest BCUT2D eigenvalue weighted by molar-refractivity contribution is 7.19. The summed E-state index contributed by atoms with van der Waals surface area (Å²) in [6.07, 6.45) is 0. The standard InChI is InChI=1S/C19H13ClN6OS/c1-27-12-8-6-11(7-9-12)15-10-16(22-21-15)17-23-24-19-26(17)25-18(28-19)13-4-2-3-5-14(13)20/h2-10H,1H3,(H,21,22). The molecule has 0 atom stereocenters. The number of ether oxygens (including phenoxy) is 1. The van der Waals surface area contributed by atoms with E-state index in [1.807, 2.05) is 54.6 Å². The van der Waals surface area contributed by atoms with Crippen molar-refractivity contribution in [2.45, 2.75) is 0 Å². The molecular weight excluding hydrogens is 396 g/mol. The lowest BCUT2D eigenvalue weighted by atomic mass is 10.1. The average molecular weight is 409 g/mol. The Morgan fingerprint density at radius 2 is 1.89 bits per heavy atom. The maximum atomic E-state index is 6.30. The molecule has 3 aromatic heterocycles. The van der Waals surface area contributed by atoms with E-state index < -0.39 is 0 Å². The van der Waals surface area contributed by atoms with Crippen molar-refractivity contribution in [3.05, 3.63) is 59.6 Å². The lowest BCUT2D eigenvalue weighted by molar-refractivity contribution is 0.415. The fourth-order valence-corrected chi connectivity index (χ4v) is 4.03. The molecule has 0 aliphatic carbocycles. The molecule has 0 bridgehead atoms. The average Bonchev–Trinajstić information content (AvgIpc) is 3.44. The summed E-state index contributed by atoms with van der Waals surface area (Å²) in [6.45, 7) is 0. The molecule has 0 aliphatic heterocycles. The van der Waals surface area contributed by atoms with Gasteiger partial charge in [-0.3, -0.25) is 5.10 Å². The van der Waals surface area contributed by atoms with E-state index in [1.165, 1.54) is 11.3 Å². The van der Waals surface area contributed by atoms with Crippen molar-refractivity contribution in [3.63, 3.8) is 0 Å². The molecule has 9 heteroatoms. The molecule has 0 radical (unpaired) electrons. The Hall–Kier alpha value is -3.23. The first-order valence-corrected chi connectivity index (χ1v) is 9.60. The van der Waals surface area contributed by atoms with Crippen molar-refractivity contribution < 1.29 is 4.74 Å². The van der Waals surface area contributed by atoms with Gasteiger partial charge in [-0.15, -0.1) is 10.2 Å². The van der Waals surface area contributed by atoms with Gasteiger partial charge in [0.2, 0.25) is 10.8 Å². The van der Waals surface area contributed by atoms with Crippen molar-refractivity contribution in [1.82, 2.24) is 30.0 Å². The minimum atomic E-state index is 0.594. The second kappa shape index (κ2) is 6.74. The highest BCUT2D eigenvalue weighted by atomic mass is 35.5. The number of halogens is 1. The van der Waals surface area contributed by atoms with Gasteiger partial charge in [0.05, 0.1) is 17.8 Å². The van der Waals surface area contributed by atoms with Gasteiger partial charge in [0.1, 0.15) is 16.5 Å². The maximum absolute atomic E-state index is 6.30. The van der Waals surface area contributed by atoms with Crippen LogP contribution in [0, 0.1) is 0 Å². The van der Waals surface area contributed by atoms with E-state index in [9.17, 15) is 0 Å². The second-order valence-corrected chi connectivity index (χ2v) is 7.36.